The van der Waals surface area contributed by atoms with E-state index in [1.165, 1.54) is 5.57 Å². The van der Waals surface area contributed by atoms with Crippen molar-refractivity contribution in [2.24, 2.45) is 0 Å². The second kappa shape index (κ2) is 1.99. The second-order valence-corrected chi connectivity index (χ2v) is 3.04. The maximum Gasteiger partial charge on any atom is 0.0502 e. The molecule has 0 bridgehead atoms. The third-order valence-corrected chi connectivity index (χ3v) is 2.47. The van der Waals surface area contributed by atoms with Crippen molar-refractivity contribution in [3.8, 4) is 0 Å². The maximum absolute atomic E-state index is 2.40. The van der Waals surface area contributed by atoms with E-state index in [4.69, 9.17) is 0 Å². The summed E-state index contributed by atoms with van der Waals surface area (Å²) in [5.74, 6) is 0. The first-order chi connectivity index (χ1) is 3.30. The fraction of sp³-hybridized carbons (Fsp3) is 0.333. The summed E-state index contributed by atoms with van der Waals surface area (Å²) < 4.78 is 0.664. The van der Waals surface area contributed by atoms with Crippen LogP contribution in [0.3, 0.4) is 0 Å². The van der Waals surface area contributed by atoms with Crippen molar-refractivity contribution in [2.75, 3.05) is 0 Å². The van der Waals surface area contributed by atoms with Crippen LogP contribution in [0, 0.1) is 0 Å². The lowest BCUT2D eigenvalue weighted by Gasteiger charge is -1.94. The number of alkyl halides is 1. The molecule has 1 rings (SSSR count). The van der Waals surface area contributed by atoms with Crippen LogP contribution in [0.5, 0.6) is 0 Å². The Labute approximate surface area is 57.4 Å². The van der Waals surface area contributed by atoms with Gasteiger partial charge in [0.25, 0.3) is 0 Å². The highest BCUT2D eigenvalue weighted by Gasteiger charge is 2.02. The largest absolute Gasteiger partial charge is 0.0732 e. The molecule has 1 aliphatic carbocycles. The van der Waals surface area contributed by atoms with Crippen molar-refractivity contribution in [2.45, 2.75) is 10.8 Å². The van der Waals surface area contributed by atoms with Crippen LogP contribution >= 0.6 is 22.6 Å². The van der Waals surface area contributed by atoms with Gasteiger partial charge in [0.1, 0.15) is 0 Å². The van der Waals surface area contributed by atoms with E-state index in [1.54, 1.807) is 0 Å². The average molecular weight is 206 g/mol. The van der Waals surface area contributed by atoms with Crippen molar-refractivity contribution in [3.63, 3.8) is 0 Å². The highest BCUT2D eigenvalue weighted by Crippen LogP contribution is 2.18. The zero-order valence-corrected chi connectivity index (χ0v) is 6.34. The van der Waals surface area contributed by atoms with E-state index >= 15 is 0 Å². The molecule has 0 fully saturated rings. The van der Waals surface area contributed by atoms with Crippen LogP contribution < -0.4 is 0 Å². The quantitative estimate of drug-likeness (QED) is 0.421. The van der Waals surface area contributed by atoms with Gasteiger partial charge in [0.15, 0.2) is 0 Å². The van der Waals surface area contributed by atoms with E-state index in [1.807, 2.05) is 0 Å². The fourth-order valence-corrected chi connectivity index (χ4v) is 0.996. The van der Waals surface area contributed by atoms with E-state index in [2.05, 4.69) is 47.7 Å². The van der Waals surface area contributed by atoms with Gasteiger partial charge in [-0.15, -0.1) is 0 Å². The Balaban J connectivity index is 2.69. The minimum absolute atomic E-state index is 0.664. The van der Waals surface area contributed by atoms with E-state index < -0.39 is 0 Å². The first-order valence-corrected chi connectivity index (χ1v) is 3.54. The summed E-state index contributed by atoms with van der Waals surface area (Å²) in [5.41, 5.74) is 1.46. The Kier molecular flexibility index (Phi) is 1.52. The molecule has 1 heteroatoms. The van der Waals surface area contributed by atoms with Crippen LogP contribution in [-0.4, -0.2) is 3.92 Å². The molecule has 38 valence electrons. The molecule has 7 heavy (non-hydrogen) atoms. The molecule has 0 aromatic rings. The highest BCUT2D eigenvalue weighted by molar-refractivity contribution is 14.1. The Morgan fingerprint density at radius 2 is 2.43 bits per heavy atom. The molecule has 0 amide bonds. The fourth-order valence-electron chi connectivity index (χ4n) is 0.549. The summed E-state index contributed by atoms with van der Waals surface area (Å²) in [6.45, 7) is 2.15. The standard InChI is InChI=1S/C6H7I/c1-5-3-2-4-6(5)7/h2-4,6H,1H3. The van der Waals surface area contributed by atoms with Gasteiger partial charge in [-0.1, -0.05) is 46.4 Å². The number of halogens is 1. The molecular weight excluding hydrogens is 199 g/mol. The SMILES string of the molecule is CC1=CC=CC1I. The topological polar surface area (TPSA) is 0 Å². The lowest BCUT2D eigenvalue weighted by atomic mass is 10.3. The van der Waals surface area contributed by atoms with Crippen LogP contribution in [0.2, 0.25) is 0 Å². The summed E-state index contributed by atoms with van der Waals surface area (Å²) in [4.78, 5) is 0. The number of hydrogen-bond donors (Lipinski definition) is 0. The maximum atomic E-state index is 2.40. The summed E-state index contributed by atoms with van der Waals surface area (Å²) in [5, 5.41) is 0. The van der Waals surface area contributed by atoms with Crippen molar-refractivity contribution in [3.05, 3.63) is 23.8 Å². The molecule has 0 saturated heterocycles. The van der Waals surface area contributed by atoms with Crippen LogP contribution in [0.4, 0.5) is 0 Å². The molecule has 0 aromatic heterocycles. The third-order valence-electron chi connectivity index (χ3n) is 1.07. The van der Waals surface area contributed by atoms with Crippen LogP contribution in [0.15, 0.2) is 23.8 Å². The van der Waals surface area contributed by atoms with Gasteiger partial charge in [-0.05, 0) is 6.92 Å². The van der Waals surface area contributed by atoms with Crippen molar-refractivity contribution in [1.82, 2.24) is 0 Å². The molecule has 0 N–H and O–H groups in total. The highest BCUT2D eigenvalue weighted by atomic mass is 127. The van der Waals surface area contributed by atoms with Gasteiger partial charge in [-0.25, -0.2) is 0 Å². The molecule has 0 saturated carbocycles. The first kappa shape index (κ1) is 5.35. The normalized spacial score (nSPS) is 28.3. The Bertz CT molecular complexity index is 122. The Morgan fingerprint density at radius 1 is 1.71 bits per heavy atom. The monoisotopic (exact) mass is 206 g/mol. The minimum atomic E-state index is 0.664. The second-order valence-electron chi connectivity index (χ2n) is 1.70. The molecule has 0 spiro atoms. The van der Waals surface area contributed by atoms with E-state index in [9.17, 15) is 0 Å². The molecule has 0 aromatic carbocycles. The minimum Gasteiger partial charge on any atom is -0.0732 e. The average Bonchev–Trinajstić information content (AvgIpc) is 1.91. The Morgan fingerprint density at radius 3 is 2.57 bits per heavy atom. The summed E-state index contributed by atoms with van der Waals surface area (Å²) >= 11 is 2.40. The van der Waals surface area contributed by atoms with Crippen LogP contribution in [0.1, 0.15) is 6.92 Å². The molecule has 0 radical (unpaired) electrons. The molecule has 1 atom stereocenters. The molecule has 1 unspecified atom stereocenters. The summed E-state index contributed by atoms with van der Waals surface area (Å²) in [7, 11) is 0. The van der Waals surface area contributed by atoms with Gasteiger partial charge in [0, 0.05) is 0 Å². The molecule has 0 aliphatic heterocycles. The van der Waals surface area contributed by atoms with Crippen LogP contribution in [-0.2, 0) is 0 Å². The number of allylic oxidation sites excluding steroid dienone is 4. The van der Waals surface area contributed by atoms with E-state index in [0.717, 1.165) is 0 Å². The molecular formula is C6H7I. The van der Waals surface area contributed by atoms with Gasteiger partial charge in [0.05, 0.1) is 3.92 Å². The first-order valence-electron chi connectivity index (χ1n) is 2.30. The molecule has 1 aliphatic rings. The lowest BCUT2D eigenvalue weighted by molar-refractivity contribution is 1.31. The van der Waals surface area contributed by atoms with Crippen LogP contribution in [0.25, 0.3) is 0 Å². The van der Waals surface area contributed by atoms with Gasteiger partial charge >= 0.3 is 0 Å². The van der Waals surface area contributed by atoms with E-state index in [0.29, 0.717) is 3.92 Å². The smallest absolute Gasteiger partial charge is 0.0502 e. The van der Waals surface area contributed by atoms with Crippen molar-refractivity contribution < 1.29 is 0 Å². The number of hydrogen-bond acceptors (Lipinski definition) is 0. The van der Waals surface area contributed by atoms with Gasteiger partial charge in [-0.3, -0.25) is 0 Å². The molecule has 0 heterocycles. The zero-order valence-electron chi connectivity index (χ0n) is 4.19. The third kappa shape index (κ3) is 1.06. The number of rotatable bonds is 0. The predicted octanol–water partition coefficient (Wildman–Crippen LogP) is 2.31. The van der Waals surface area contributed by atoms with E-state index in [-0.39, 0.29) is 0 Å². The lowest BCUT2D eigenvalue weighted by Crippen LogP contribution is -1.86. The van der Waals surface area contributed by atoms with Crippen molar-refractivity contribution >= 4 is 22.6 Å². The van der Waals surface area contributed by atoms with Crippen molar-refractivity contribution in [1.29, 1.82) is 0 Å². The van der Waals surface area contributed by atoms with Gasteiger partial charge in [0.2, 0.25) is 0 Å². The predicted molar refractivity (Wildman–Crippen MR) is 40.7 cm³/mol. The summed E-state index contributed by atoms with van der Waals surface area (Å²) in [6, 6.07) is 0. The van der Waals surface area contributed by atoms with Gasteiger partial charge in [-0.2, -0.15) is 0 Å². The summed E-state index contributed by atoms with van der Waals surface area (Å²) in [6.07, 6.45) is 6.44. The van der Waals surface area contributed by atoms with Gasteiger partial charge < -0.3 is 0 Å². The molecule has 0 nitrogen and oxygen atoms in total. The Hall–Kier alpha value is 0.210. The zero-order chi connectivity index (χ0) is 5.28.